The van der Waals surface area contributed by atoms with Crippen molar-refractivity contribution in [2.75, 3.05) is 6.61 Å². The van der Waals surface area contributed by atoms with Crippen molar-refractivity contribution in [3.05, 3.63) is 41.9 Å². The minimum Gasteiger partial charge on any atom is -0.460 e. The van der Waals surface area contributed by atoms with Crippen LogP contribution in [0.4, 0.5) is 0 Å². The number of carbonyl (C=O) groups excluding carboxylic acids is 1. The van der Waals surface area contributed by atoms with Gasteiger partial charge in [-0.1, -0.05) is 23.8 Å². The lowest BCUT2D eigenvalue weighted by Crippen LogP contribution is -2.10. The van der Waals surface area contributed by atoms with Gasteiger partial charge in [0.05, 0.1) is 12.3 Å². The molecule has 1 aromatic carbocycles. The monoisotopic (exact) mass is 244 g/mol. The summed E-state index contributed by atoms with van der Waals surface area (Å²) in [5.41, 5.74) is 2.95. The molecule has 0 bridgehead atoms. The SMILES string of the molecule is CCOC(=O)c1nc(-c2cccc(C)c2)cn1C. The summed E-state index contributed by atoms with van der Waals surface area (Å²) in [7, 11) is 1.79. The summed E-state index contributed by atoms with van der Waals surface area (Å²) in [6.07, 6.45) is 1.83. The van der Waals surface area contributed by atoms with Gasteiger partial charge in [0.1, 0.15) is 0 Å². The first-order valence-electron chi connectivity index (χ1n) is 5.89. The molecule has 18 heavy (non-hydrogen) atoms. The maximum absolute atomic E-state index is 11.7. The number of hydrogen-bond donors (Lipinski definition) is 0. The lowest BCUT2D eigenvalue weighted by molar-refractivity contribution is 0.0508. The van der Waals surface area contributed by atoms with E-state index in [1.54, 1.807) is 18.5 Å². The highest BCUT2D eigenvalue weighted by molar-refractivity contribution is 5.86. The van der Waals surface area contributed by atoms with Crippen molar-refractivity contribution in [1.29, 1.82) is 0 Å². The van der Waals surface area contributed by atoms with Crippen LogP contribution in [-0.2, 0) is 11.8 Å². The Morgan fingerprint density at radius 3 is 2.89 bits per heavy atom. The Kier molecular flexibility index (Phi) is 3.46. The van der Waals surface area contributed by atoms with E-state index >= 15 is 0 Å². The lowest BCUT2D eigenvalue weighted by Gasteiger charge is -1.99. The van der Waals surface area contributed by atoms with Gasteiger partial charge in [0.2, 0.25) is 5.82 Å². The maximum atomic E-state index is 11.7. The van der Waals surface area contributed by atoms with Crippen LogP contribution in [0, 0.1) is 6.92 Å². The molecule has 0 amide bonds. The number of carbonyl (C=O) groups is 1. The summed E-state index contributed by atoms with van der Waals surface area (Å²) in [6, 6.07) is 8.02. The summed E-state index contributed by atoms with van der Waals surface area (Å²) in [6.45, 7) is 4.16. The van der Waals surface area contributed by atoms with Gasteiger partial charge in [-0.05, 0) is 19.9 Å². The molecule has 1 aromatic heterocycles. The van der Waals surface area contributed by atoms with E-state index in [0.29, 0.717) is 12.4 Å². The highest BCUT2D eigenvalue weighted by Crippen LogP contribution is 2.19. The van der Waals surface area contributed by atoms with Crippen LogP contribution in [0.2, 0.25) is 0 Å². The van der Waals surface area contributed by atoms with Crippen LogP contribution in [0.3, 0.4) is 0 Å². The smallest absolute Gasteiger partial charge is 0.374 e. The second kappa shape index (κ2) is 5.04. The third kappa shape index (κ3) is 2.42. The molecule has 2 rings (SSSR count). The molecule has 0 spiro atoms. The summed E-state index contributed by atoms with van der Waals surface area (Å²) < 4.78 is 6.65. The Morgan fingerprint density at radius 2 is 2.22 bits per heavy atom. The van der Waals surface area contributed by atoms with Gasteiger partial charge in [-0.15, -0.1) is 0 Å². The van der Waals surface area contributed by atoms with E-state index in [1.165, 1.54) is 0 Å². The first-order chi connectivity index (χ1) is 8.61. The van der Waals surface area contributed by atoms with Gasteiger partial charge < -0.3 is 9.30 Å². The quantitative estimate of drug-likeness (QED) is 0.779. The van der Waals surface area contributed by atoms with Crippen LogP contribution in [0.25, 0.3) is 11.3 Å². The zero-order chi connectivity index (χ0) is 13.1. The second-order valence-corrected chi connectivity index (χ2v) is 4.15. The molecule has 0 aliphatic rings. The van der Waals surface area contributed by atoms with Gasteiger partial charge in [0, 0.05) is 18.8 Å². The van der Waals surface area contributed by atoms with Crippen molar-refractivity contribution in [2.24, 2.45) is 7.05 Å². The van der Waals surface area contributed by atoms with Crippen LogP contribution in [0.1, 0.15) is 23.1 Å². The Hall–Kier alpha value is -2.10. The standard InChI is InChI=1S/C14H16N2O2/c1-4-18-14(17)13-15-12(9-16(13)3)11-7-5-6-10(2)8-11/h5-9H,4H2,1-3H3. The number of aromatic nitrogens is 2. The molecule has 0 N–H and O–H groups in total. The van der Waals surface area contributed by atoms with Gasteiger partial charge >= 0.3 is 5.97 Å². The van der Waals surface area contributed by atoms with Gasteiger partial charge in [0.15, 0.2) is 0 Å². The fourth-order valence-corrected chi connectivity index (χ4v) is 1.80. The molecule has 0 fully saturated rings. The van der Waals surface area contributed by atoms with Crippen LogP contribution in [-0.4, -0.2) is 22.1 Å². The predicted molar refractivity (Wildman–Crippen MR) is 69.3 cm³/mol. The first kappa shape index (κ1) is 12.4. The first-order valence-corrected chi connectivity index (χ1v) is 5.89. The van der Waals surface area contributed by atoms with Crippen LogP contribution >= 0.6 is 0 Å². The zero-order valence-electron chi connectivity index (χ0n) is 10.8. The van der Waals surface area contributed by atoms with E-state index < -0.39 is 0 Å². The molecule has 0 saturated carbocycles. The van der Waals surface area contributed by atoms with E-state index in [0.717, 1.165) is 16.8 Å². The molecule has 4 heteroatoms. The van der Waals surface area contributed by atoms with Gasteiger partial charge in [-0.3, -0.25) is 0 Å². The lowest BCUT2D eigenvalue weighted by atomic mass is 10.1. The molecule has 0 saturated heterocycles. The van der Waals surface area contributed by atoms with Gasteiger partial charge in [0.25, 0.3) is 0 Å². The fraction of sp³-hybridized carbons (Fsp3) is 0.286. The number of aryl methyl sites for hydroxylation is 2. The molecule has 2 aromatic rings. The average molecular weight is 244 g/mol. The largest absolute Gasteiger partial charge is 0.460 e. The highest BCUT2D eigenvalue weighted by atomic mass is 16.5. The van der Waals surface area contributed by atoms with E-state index in [4.69, 9.17) is 4.74 Å². The number of benzene rings is 1. The number of imidazole rings is 1. The minimum atomic E-state index is -0.390. The molecule has 0 aliphatic heterocycles. The number of hydrogen-bond acceptors (Lipinski definition) is 3. The van der Waals surface area contributed by atoms with E-state index in [9.17, 15) is 4.79 Å². The van der Waals surface area contributed by atoms with Crippen LogP contribution < -0.4 is 0 Å². The Labute approximate surface area is 106 Å². The zero-order valence-corrected chi connectivity index (χ0v) is 10.8. The summed E-state index contributed by atoms with van der Waals surface area (Å²) >= 11 is 0. The van der Waals surface area contributed by atoms with Crippen molar-refractivity contribution >= 4 is 5.97 Å². The third-order valence-corrected chi connectivity index (χ3v) is 2.65. The summed E-state index contributed by atoms with van der Waals surface area (Å²) in [5.74, 6) is -0.0627. The highest BCUT2D eigenvalue weighted by Gasteiger charge is 2.15. The van der Waals surface area contributed by atoms with Crippen LogP contribution in [0.5, 0.6) is 0 Å². The van der Waals surface area contributed by atoms with E-state index in [1.807, 2.05) is 37.4 Å². The molecule has 0 unspecified atom stereocenters. The topological polar surface area (TPSA) is 44.1 Å². The van der Waals surface area contributed by atoms with Crippen molar-refractivity contribution in [3.8, 4) is 11.3 Å². The Bertz CT molecular complexity index is 573. The molecule has 94 valence electrons. The molecule has 4 nitrogen and oxygen atoms in total. The number of nitrogens with zero attached hydrogens (tertiary/aromatic N) is 2. The third-order valence-electron chi connectivity index (χ3n) is 2.65. The van der Waals surface area contributed by atoms with Crippen molar-refractivity contribution in [3.63, 3.8) is 0 Å². The number of rotatable bonds is 3. The molecule has 1 heterocycles. The summed E-state index contributed by atoms with van der Waals surface area (Å²) in [4.78, 5) is 16.0. The van der Waals surface area contributed by atoms with Crippen molar-refractivity contribution in [1.82, 2.24) is 9.55 Å². The molecule has 0 aliphatic carbocycles. The minimum absolute atomic E-state index is 0.327. The maximum Gasteiger partial charge on any atom is 0.374 e. The Balaban J connectivity index is 2.37. The Morgan fingerprint density at radius 1 is 1.44 bits per heavy atom. The van der Waals surface area contributed by atoms with Crippen LogP contribution in [0.15, 0.2) is 30.5 Å². The molecule has 0 radical (unpaired) electrons. The fourth-order valence-electron chi connectivity index (χ4n) is 1.80. The molecular formula is C14H16N2O2. The second-order valence-electron chi connectivity index (χ2n) is 4.15. The van der Waals surface area contributed by atoms with Crippen molar-refractivity contribution in [2.45, 2.75) is 13.8 Å². The summed E-state index contributed by atoms with van der Waals surface area (Å²) in [5, 5.41) is 0. The van der Waals surface area contributed by atoms with E-state index in [2.05, 4.69) is 4.98 Å². The number of ether oxygens (including phenoxy) is 1. The molecular weight excluding hydrogens is 228 g/mol. The van der Waals surface area contributed by atoms with Crippen molar-refractivity contribution < 1.29 is 9.53 Å². The van der Waals surface area contributed by atoms with E-state index in [-0.39, 0.29) is 5.97 Å². The average Bonchev–Trinajstić information content (AvgIpc) is 2.72. The normalized spacial score (nSPS) is 10.4. The predicted octanol–water partition coefficient (Wildman–Crippen LogP) is 2.57. The number of esters is 1. The van der Waals surface area contributed by atoms with Gasteiger partial charge in [-0.2, -0.15) is 0 Å². The molecule has 0 atom stereocenters. The van der Waals surface area contributed by atoms with Gasteiger partial charge in [-0.25, -0.2) is 9.78 Å².